The van der Waals surface area contributed by atoms with E-state index >= 15 is 0 Å². The molecule has 0 aliphatic carbocycles. The Bertz CT molecular complexity index is 249. The summed E-state index contributed by atoms with van der Waals surface area (Å²) in [5.41, 5.74) is -0.790. The minimum absolute atomic E-state index is 0. The normalized spacial score (nSPS) is 14.2. The summed E-state index contributed by atoms with van der Waals surface area (Å²) in [6.45, 7) is 5.27. The molecule has 0 spiro atoms. The molecule has 1 atom stereocenters. The molecule has 0 fully saturated rings. The molecule has 1 aromatic heterocycles. The predicted molar refractivity (Wildman–Crippen MR) is 51.9 cm³/mol. The van der Waals surface area contributed by atoms with Gasteiger partial charge in [0.25, 0.3) is 0 Å². The Morgan fingerprint density at radius 2 is 2.21 bits per heavy atom. The van der Waals surface area contributed by atoms with E-state index in [1.807, 2.05) is 6.07 Å². The van der Waals surface area contributed by atoms with E-state index in [2.05, 4.69) is 11.9 Å². The summed E-state index contributed by atoms with van der Waals surface area (Å²) in [7, 11) is 0. The molecular weight excluding hydrogens is 188 g/mol. The van der Waals surface area contributed by atoms with Crippen LogP contribution in [0.1, 0.15) is 31.9 Å². The fraction of sp³-hybridized carbons (Fsp3) is 0.455. The van der Waals surface area contributed by atoms with Gasteiger partial charge in [0.1, 0.15) is 5.67 Å². The first kappa shape index (κ1) is 14.1. The Hall–Kier alpha value is 0.0800. The summed E-state index contributed by atoms with van der Waals surface area (Å²) in [6.07, 6.45) is 3.68. The first-order chi connectivity index (χ1) is 6.17. The van der Waals surface area contributed by atoms with Gasteiger partial charge in [0.2, 0.25) is 0 Å². The number of alkyl halides is 1. The minimum Gasteiger partial charge on any atom is -0.343 e. The van der Waals surface area contributed by atoms with Crippen molar-refractivity contribution in [3.05, 3.63) is 37.0 Å². The van der Waals surface area contributed by atoms with Crippen LogP contribution in [0.2, 0.25) is 0 Å². The van der Waals surface area contributed by atoms with Gasteiger partial charge in [-0.05, 0) is 25.5 Å². The van der Waals surface area contributed by atoms with Gasteiger partial charge in [-0.2, -0.15) is 6.42 Å². The number of pyridine rings is 1. The third kappa shape index (κ3) is 4.07. The van der Waals surface area contributed by atoms with Gasteiger partial charge in [0, 0.05) is 6.20 Å². The second-order valence-corrected chi connectivity index (χ2v) is 3.37. The maximum Gasteiger partial charge on any atom is 1.00 e. The number of hydrogen-bond donors (Lipinski definition) is 0. The predicted octanol–water partition coefficient (Wildman–Crippen LogP) is 0.275. The summed E-state index contributed by atoms with van der Waals surface area (Å²) < 4.78 is 13.9. The largest absolute Gasteiger partial charge is 1.00 e. The van der Waals surface area contributed by atoms with Crippen molar-refractivity contribution in [1.29, 1.82) is 0 Å². The monoisotopic (exact) mass is 203 g/mol. The van der Waals surface area contributed by atoms with E-state index < -0.39 is 5.67 Å². The molecule has 14 heavy (non-hydrogen) atoms. The van der Waals surface area contributed by atoms with Crippen LogP contribution in [0.25, 0.3) is 0 Å². The van der Waals surface area contributed by atoms with Gasteiger partial charge >= 0.3 is 29.6 Å². The smallest absolute Gasteiger partial charge is 0.343 e. The molecule has 1 rings (SSSR count). The van der Waals surface area contributed by atoms with Crippen LogP contribution in [-0.2, 0) is 5.67 Å². The Kier molecular flexibility index (Phi) is 6.58. The van der Waals surface area contributed by atoms with E-state index in [1.54, 1.807) is 25.3 Å². The summed E-state index contributed by atoms with van der Waals surface area (Å²) in [4.78, 5) is 4.01. The van der Waals surface area contributed by atoms with Crippen LogP contribution in [0, 0.1) is 6.92 Å². The number of rotatable bonds is 4. The molecule has 0 radical (unpaired) electrons. The second-order valence-electron chi connectivity index (χ2n) is 3.37. The van der Waals surface area contributed by atoms with Crippen LogP contribution in [0.5, 0.6) is 0 Å². The molecule has 0 aromatic carbocycles. The number of nitrogens with zero attached hydrogens (tertiary/aromatic N) is 1. The van der Waals surface area contributed by atoms with Gasteiger partial charge in [0.05, 0.1) is 5.69 Å². The van der Waals surface area contributed by atoms with Crippen LogP contribution < -0.4 is 29.6 Å². The van der Waals surface area contributed by atoms with Crippen molar-refractivity contribution in [3.8, 4) is 0 Å². The van der Waals surface area contributed by atoms with E-state index in [0.717, 1.165) is 12.8 Å². The molecule has 0 saturated heterocycles. The molecule has 1 heterocycles. The van der Waals surface area contributed by atoms with Crippen molar-refractivity contribution in [2.24, 2.45) is 0 Å². The topological polar surface area (TPSA) is 12.9 Å². The van der Waals surface area contributed by atoms with Gasteiger partial charge in [-0.15, -0.1) is 0 Å². The third-order valence-electron chi connectivity index (χ3n) is 2.10. The van der Waals surface area contributed by atoms with Crippen molar-refractivity contribution in [1.82, 2.24) is 4.98 Å². The van der Waals surface area contributed by atoms with E-state index in [0.29, 0.717) is 12.1 Å². The Morgan fingerprint density at radius 3 is 2.71 bits per heavy atom. The van der Waals surface area contributed by atoms with Gasteiger partial charge in [-0.1, -0.05) is 12.5 Å². The third-order valence-corrected chi connectivity index (χ3v) is 2.10. The van der Waals surface area contributed by atoms with Gasteiger partial charge in [0.15, 0.2) is 0 Å². The molecule has 0 N–H and O–H groups in total. The Balaban J connectivity index is 0.00000169. The number of hydrogen-bond acceptors (Lipinski definition) is 1. The fourth-order valence-corrected chi connectivity index (χ4v) is 1.26. The van der Waals surface area contributed by atoms with E-state index in [9.17, 15) is 4.39 Å². The average molecular weight is 203 g/mol. The van der Waals surface area contributed by atoms with Crippen molar-refractivity contribution in [2.45, 2.75) is 31.9 Å². The molecule has 1 aromatic rings. The average Bonchev–Trinajstić information content (AvgIpc) is 2.16. The van der Waals surface area contributed by atoms with Crippen molar-refractivity contribution in [3.63, 3.8) is 0 Å². The fourth-order valence-electron chi connectivity index (χ4n) is 1.26. The molecule has 3 heteroatoms. The second kappa shape index (κ2) is 6.54. The van der Waals surface area contributed by atoms with Gasteiger partial charge in [-0.3, -0.25) is 4.98 Å². The first-order valence-corrected chi connectivity index (χ1v) is 4.56. The Morgan fingerprint density at radius 1 is 1.50 bits per heavy atom. The van der Waals surface area contributed by atoms with Gasteiger partial charge < -0.3 is 6.92 Å². The molecule has 0 aliphatic heterocycles. The summed E-state index contributed by atoms with van der Waals surface area (Å²) in [5, 5.41) is 0. The zero-order chi connectivity index (χ0) is 9.73. The van der Waals surface area contributed by atoms with Crippen LogP contribution in [0.3, 0.4) is 0 Å². The van der Waals surface area contributed by atoms with Crippen molar-refractivity contribution in [2.75, 3.05) is 0 Å². The molecule has 1 unspecified atom stereocenters. The van der Waals surface area contributed by atoms with Crippen molar-refractivity contribution >= 4 is 0 Å². The summed E-state index contributed by atoms with van der Waals surface area (Å²) in [5.74, 6) is 0. The molecule has 72 valence electrons. The number of halogens is 1. The van der Waals surface area contributed by atoms with Crippen LogP contribution in [-0.4, -0.2) is 4.98 Å². The number of unbranched alkanes of at least 4 members (excludes halogenated alkanes) is 1. The van der Waals surface area contributed by atoms with Crippen molar-refractivity contribution < 1.29 is 33.9 Å². The van der Waals surface area contributed by atoms with Crippen LogP contribution in [0.4, 0.5) is 4.39 Å². The van der Waals surface area contributed by atoms with E-state index in [1.165, 1.54) is 0 Å². The van der Waals surface area contributed by atoms with Crippen LogP contribution in [0.15, 0.2) is 24.4 Å². The molecule has 0 saturated carbocycles. The van der Waals surface area contributed by atoms with E-state index in [-0.39, 0.29) is 29.6 Å². The molecule has 1 nitrogen and oxygen atoms in total. The SMILES string of the molecule is [CH2-]CCCC(C)(F)c1ccccn1.[Na+]. The van der Waals surface area contributed by atoms with Gasteiger partial charge in [-0.25, -0.2) is 4.39 Å². The Labute approximate surface area is 107 Å². The minimum atomic E-state index is -1.31. The summed E-state index contributed by atoms with van der Waals surface area (Å²) >= 11 is 0. The quantitative estimate of drug-likeness (QED) is 0.506. The molecule has 0 aliphatic rings. The van der Waals surface area contributed by atoms with Crippen LogP contribution >= 0.6 is 0 Å². The number of aromatic nitrogens is 1. The summed E-state index contributed by atoms with van der Waals surface area (Å²) in [6, 6.07) is 5.33. The zero-order valence-corrected chi connectivity index (χ0v) is 11.0. The molecular formula is C11H15FNNa. The zero-order valence-electron chi connectivity index (χ0n) is 8.96. The first-order valence-electron chi connectivity index (χ1n) is 4.56. The maximum absolute atomic E-state index is 13.9. The maximum atomic E-state index is 13.9. The standard InChI is InChI=1S/C11H15FN.Na/c1-3-4-8-11(2,12)10-7-5-6-9-13-10;/h5-7,9H,1,3-4,8H2,2H3;/q-1;+1. The molecule has 0 bridgehead atoms. The van der Waals surface area contributed by atoms with E-state index in [4.69, 9.17) is 0 Å². The molecule has 0 amide bonds.